The lowest BCUT2D eigenvalue weighted by Crippen LogP contribution is -1.89. The van der Waals surface area contributed by atoms with E-state index in [-0.39, 0.29) is 16.5 Å². The summed E-state index contributed by atoms with van der Waals surface area (Å²) in [6, 6.07) is 3.88. The minimum atomic E-state index is -0.927. The van der Waals surface area contributed by atoms with Crippen LogP contribution >= 0.6 is 11.5 Å². The van der Waals surface area contributed by atoms with Crippen molar-refractivity contribution in [2.45, 2.75) is 0 Å². The zero-order valence-electron chi connectivity index (χ0n) is 6.87. The highest BCUT2D eigenvalue weighted by Gasteiger charge is 2.12. The van der Waals surface area contributed by atoms with E-state index in [1.807, 2.05) is 0 Å². The predicted octanol–water partition coefficient (Wildman–Crippen LogP) is 2.07. The molecule has 2 N–H and O–H groups in total. The van der Waals surface area contributed by atoms with Crippen LogP contribution in [0.1, 0.15) is 0 Å². The quantitative estimate of drug-likeness (QED) is 0.788. The van der Waals surface area contributed by atoms with Crippen molar-refractivity contribution in [1.82, 2.24) is 9.36 Å². The molecule has 0 saturated carbocycles. The fraction of sp³-hybridized carbons (Fsp3) is 0. The molecule has 0 spiro atoms. The van der Waals surface area contributed by atoms with E-state index in [0.29, 0.717) is 0 Å². The topological polar surface area (TPSA) is 51.8 Å². The van der Waals surface area contributed by atoms with Crippen LogP contribution in [0.2, 0.25) is 0 Å². The fourth-order valence-corrected chi connectivity index (χ4v) is 1.62. The molecule has 0 aliphatic carbocycles. The van der Waals surface area contributed by atoms with E-state index < -0.39 is 11.6 Å². The SMILES string of the molecule is Nc1nsc(-c2cccc(F)c2F)n1. The minimum absolute atomic E-state index is 0.0636. The molecule has 2 aromatic rings. The minimum Gasteiger partial charge on any atom is -0.367 e. The molecule has 0 aliphatic rings. The molecular formula is C8H5F2N3S. The van der Waals surface area contributed by atoms with Gasteiger partial charge in [-0.05, 0) is 23.7 Å². The summed E-state index contributed by atoms with van der Waals surface area (Å²) in [5.41, 5.74) is 5.36. The highest BCUT2D eigenvalue weighted by atomic mass is 32.1. The van der Waals surface area contributed by atoms with E-state index in [4.69, 9.17) is 5.73 Å². The predicted molar refractivity (Wildman–Crippen MR) is 49.7 cm³/mol. The maximum Gasteiger partial charge on any atom is 0.232 e. The molecule has 0 aliphatic heterocycles. The molecule has 1 aromatic heterocycles. The lowest BCUT2D eigenvalue weighted by atomic mass is 10.2. The summed E-state index contributed by atoms with van der Waals surface area (Å²) < 4.78 is 29.7. The van der Waals surface area contributed by atoms with Crippen LogP contribution in [0.3, 0.4) is 0 Å². The number of anilines is 1. The Hall–Kier alpha value is -1.56. The lowest BCUT2D eigenvalue weighted by molar-refractivity contribution is 0.511. The van der Waals surface area contributed by atoms with Crippen molar-refractivity contribution in [3.63, 3.8) is 0 Å². The highest BCUT2D eigenvalue weighted by Crippen LogP contribution is 2.26. The summed E-state index contributed by atoms with van der Waals surface area (Å²) in [5, 5.41) is 0.277. The van der Waals surface area contributed by atoms with E-state index >= 15 is 0 Å². The maximum absolute atomic E-state index is 13.2. The van der Waals surface area contributed by atoms with Crippen LogP contribution in [0.15, 0.2) is 18.2 Å². The summed E-state index contributed by atoms with van der Waals surface area (Å²) in [7, 11) is 0. The van der Waals surface area contributed by atoms with Gasteiger partial charge in [-0.25, -0.2) is 8.78 Å². The average molecular weight is 213 g/mol. The van der Waals surface area contributed by atoms with Crippen LogP contribution in [0.4, 0.5) is 14.7 Å². The molecule has 72 valence electrons. The Labute approximate surface area is 82.4 Å². The molecule has 0 saturated heterocycles. The van der Waals surface area contributed by atoms with E-state index in [1.165, 1.54) is 12.1 Å². The Morgan fingerprint density at radius 2 is 2.07 bits per heavy atom. The Balaban J connectivity index is 2.57. The zero-order valence-corrected chi connectivity index (χ0v) is 7.68. The average Bonchev–Trinajstić information content (AvgIpc) is 2.57. The van der Waals surface area contributed by atoms with Gasteiger partial charge >= 0.3 is 0 Å². The van der Waals surface area contributed by atoms with Gasteiger partial charge in [-0.3, -0.25) is 0 Å². The summed E-state index contributed by atoms with van der Waals surface area (Å²) in [4.78, 5) is 3.76. The Kier molecular flexibility index (Phi) is 2.12. The monoisotopic (exact) mass is 213 g/mol. The molecule has 0 fully saturated rings. The molecule has 0 atom stereocenters. The second-order valence-electron chi connectivity index (χ2n) is 2.56. The van der Waals surface area contributed by atoms with Crippen LogP contribution in [0.25, 0.3) is 10.6 Å². The van der Waals surface area contributed by atoms with Gasteiger partial charge in [0.2, 0.25) is 5.95 Å². The number of hydrogen-bond donors (Lipinski definition) is 1. The number of aromatic nitrogens is 2. The number of hydrogen-bond acceptors (Lipinski definition) is 4. The molecule has 0 bridgehead atoms. The first kappa shape index (κ1) is 9.01. The molecule has 3 nitrogen and oxygen atoms in total. The lowest BCUT2D eigenvalue weighted by Gasteiger charge is -1.97. The summed E-state index contributed by atoms with van der Waals surface area (Å²) in [5.74, 6) is -1.77. The van der Waals surface area contributed by atoms with Crippen molar-refractivity contribution in [3.05, 3.63) is 29.8 Å². The van der Waals surface area contributed by atoms with Gasteiger partial charge in [-0.2, -0.15) is 9.36 Å². The number of nitrogens with two attached hydrogens (primary N) is 1. The van der Waals surface area contributed by atoms with E-state index in [1.54, 1.807) is 0 Å². The van der Waals surface area contributed by atoms with Crippen molar-refractivity contribution in [2.24, 2.45) is 0 Å². The van der Waals surface area contributed by atoms with Gasteiger partial charge in [0.15, 0.2) is 11.6 Å². The molecule has 0 radical (unpaired) electrons. The smallest absolute Gasteiger partial charge is 0.232 e. The van der Waals surface area contributed by atoms with Crippen LogP contribution in [0.5, 0.6) is 0 Å². The molecule has 1 heterocycles. The molecule has 14 heavy (non-hydrogen) atoms. The van der Waals surface area contributed by atoms with Crippen molar-refractivity contribution in [1.29, 1.82) is 0 Å². The summed E-state index contributed by atoms with van der Waals surface area (Å²) in [6.45, 7) is 0. The van der Waals surface area contributed by atoms with Gasteiger partial charge in [0.25, 0.3) is 0 Å². The van der Waals surface area contributed by atoms with Gasteiger partial charge in [-0.15, -0.1) is 0 Å². The molecule has 6 heteroatoms. The largest absolute Gasteiger partial charge is 0.367 e. The van der Waals surface area contributed by atoms with Gasteiger partial charge in [-0.1, -0.05) is 6.07 Å². The van der Waals surface area contributed by atoms with Crippen LogP contribution < -0.4 is 5.73 Å². The molecule has 0 amide bonds. The second-order valence-corrected chi connectivity index (χ2v) is 3.31. The molecule has 0 unspecified atom stereocenters. The zero-order chi connectivity index (χ0) is 10.1. The molecule has 2 rings (SSSR count). The Morgan fingerprint density at radius 1 is 1.29 bits per heavy atom. The second kappa shape index (κ2) is 3.30. The van der Waals surface area contributed by atoms with E-state index in [0.717, 1.165) is 17.6 Å². The number of nitrogen functional groups attached to an aromatic ring is 1. The van der Waals surface area contributed by atoms with E-state index in [9.17, 15) is 8.78 Å². The van der Waals surface area contributed by atoms with Gasteiger partial charge < -0.3 is 5.73 Å². The third kappa shape index (κ3) is 1.44. The van der Waals surface area contributed by atoms with Crippen molar-refractivity contribution in [3.8, 4) is 10.6 Å². The maximum atomic E-state index is 13.2. The first-order valence-electron chi connectivity index (χ1n) is 3.72. The molecule has 1 aromatic carbocycles. The van der Waals surface area contributed by atoms with Crippen LogP contribution in [-0.2, 0) is 0 Å². The number of nitrogens with zero attached hydrogens (tertiary/aromatic N) is 2. The van der Waals surface area contributed by atoms with Crippen molar-refractivity contribution in [2.75, 3.05) is 5.73 Å². The normalized spacial score (nSPS) is 10.4. The number of halogens is 2. The first-order valence-corrected chi connectivity index (χ1v) is 4.49. The third-order valence-corrected chi connectivity index (χ3v) is 2.39. The Morgan fingerprint density at radius 3 is 2.71 bits per heavy atom. The Bertz CT molecular complexity index is 469. The highest BCUT2D eigenvalue weighted by molar-refractivity contribution is 7.09. The van der Waals surface area contributed by atoms with E-state index in [2.05, 4.69) is 9.36 Å². The van der Waals surface area contributed by atoms with Crippen molar-refractivity contribution >= 4 is 17.5 Å². The number of rotatable bonds is 1. The third-order valence-electron chi connectivity index (χ3n) is 1.62. The summed E-state index contributed by atoms with van der Waals surface area (Å²) >= 11 is 0.933. The van der Waals surface area contributed by atoms with Crippen LogP contribution in [0, 0.1) is 11.6 Å². The molecular weight excluding hydrogens is 208 g/mol. The number of benzene rings is 1. The standard InChI is InChI=1S/C8H5F2N3S/c9-5-3-1-2-4(6(5)10)7-12-8(11)13-14-7/h1-3H,(H2,11,13). The first-order chi connectivity index (χ1) is 6.68. The summed E-state index contributed by atoms with van der Waals surface area (Å²) in [6.07, 6.45) is 0. The van der Waals surface area contributed by atoms with Gasteiger partial charge in [0, 0.05) is 0 Å². The fourth-order valence-electron chi connectivity index (χ4n) is 1.01. The van der Waals surface area contributed by atoms with Gasteiger partial charge in [0.1, 0.15) is 5.01 Å². The van der Waals surface area contributed by atoms with Gasteiger partial charge in [0.05, 0.1) is 5.56 Å². The van der Waals surface area contributed by atoms with Crippen LogP contribution in [-0.4, -0.2) is 9.36 Å². The van der Waals surface area contributed by atoms with Crippen molar-refractivity contribution < 1.29 is 8.78 Å².